The minimum absolute atomic E-state index is 0.0682. The van der Waals surface area contributed by atoms with E-state index < -0.39 is 5.82 Å². The molecule has 0 spiro atoms. The molecule has 1 aromatic rings. The highest BCUT2D eigenvalue weighted by Crippen LogP contribution is 2.23. The van der Waals surface area contributed by atoms with Gasteiger partial charge in [0.15, 0.2) is 17.3 Å². The zero-order valence-corrected chi connectivity index (χ0v) is 9.21. The first-order valence-corrected chi connectivity index (χ1v) is 4.94. The first kappa shape index (κ1) is 11.7. The Morgan fingerprint density at radius 1 is 1.47 bits per heavy atom. The molecule has 0 aliphatic carbocycles. The summed E-state index contributed by atoms with van der Waals surface area (Å²) in [5, 5.41) is 0. The quantitative estimate of drug-likeness (QED) is 0.714. The molecule has 0 radical (unpaired) electrons. The van der Waals surface area contributed by atoms with Gasteiger partial charge in [-0.15, -0.1) is 0 Å². The molecule has 15 heavy (non-hydrogen) atoms. The van der Waals surface area contributed by atoms with E-state index in [0.29, 0.717) is 18.1 Å². The fourth-order valence-electron chi connectivity index (χ4n) is 1.18. The van der Waals surface area contributed by atoms with Crippen LogP contribution in [0.3, 0.4) is 0 Å². The van der Waals surface area contributed by atoms with Crippen LogP contribution in [0.4, 0.5) is 4.39 Å². The van der Waals surface area contributed by atoms with Crippen LogP contribution in [0.5, 0.6) is 5.75 Å². The maximum Gasteiger partial charge on any atom is 0.165 e. The summed E-state index contributed by atoms with van der Waals surface area (Å²) in [6, 6.07) is 4.37. The molecule has 0 aliphatic heterocycles. The second kappa shape index (κ2) is 4.91. The number of hydrogen-bond donors (Lipinski definition) is 0. The van der Waals surface area contributed by atoms with Gasteiger partial charge in [-0.25, -0.2) is 4.39 Å². The Morgan fingerprint density at radius 2 is 2.13 bits per heavy atom. The molecule has 0 aliphatic rings. The number of halogens is 1. The molecule has 3 heteroatoms. The molecule has 82 valence electrons. The van der Waals surface area contributed by atoms with Crippen molar-refractivity contribution >= 4 is 5.78 Å². The van der Waals surface area contributed by atoms with Gasteiger partial charge >= 0.3 is 0 Å². The lowest BCUT2D eigenvalue weighted by atomic mass is 10.1. The summed E-state index contributed by atoms with van der Waals surface area (Å²) in [5.41, 5.74) is 0.302. The van der Waals surface area contributed by atoms with Gasteiger partial charge in [-0.05, 0) is 25.0 Å². The van der Waals surface area contributed by atoms with Crippen molar-refractivity contribution in [3.63, 3.8) is 0 Å². The van der Waals surface area contributed by atoms with Crippen LogP contribution >= 0.6 is 0 Å². The van der Waals surface area contributed by atoms with Gasteiger partial charge in [0.05, 0.1) is 12.2 Å². The fraction of sp³-hybridized carbons (Fsp3) is 0.417. The summed E-state index contributed by atoms with van der Waals surface area (Å²) in [6.45, 7) is 5.74. The Morgan fingerprint density at radius 3 is 2.67 bits per heavy atom. The topological polar surface area (TPSA) is 26.3 Å². The second-order valence-corrected chi connectivity index (χ2v) is 3.88. The summed E-state index contributed by atoms with van der Waals surface area (Å²) in [7, 11) is 0. The molecule has 1 aromatic carbocycles. The summed E-state index contributed by atoms with van der Waals surface area (Å²) in [4.78, 5) is 11.2. The van der Waals surface area contributed by atoms with Crippen LogP contribution in [0.15, 0.2) is 18.2 Å². The van der Waals surface area contributed by atoms with Gasteiger partial charge in [0.2, 0.25) is 0 Å². The summed E-state index contributed by atoms with van der Waals surface area (Å²) < 4.78 is 18.7. The average molecular weight is 210 g/mol. The highest BCUT2D eigenvalue weighted by molar-refractivity contribution is 5.96. The number of carbonyl (C=O) groups is 1. The summed E-state index contributed by atoms with van der Waals surface area (Å²) in [5.74, 6) is -0.306. The van der Waals surface area contributed by atoms with E-state index >= 15 is 0 Å². The third-order valence-electron chi connectivity index (χ3n) is 1.91. The first-order chi connectivity index (χ1) is 7.02. The molecule has 0 bridgehead atoms. The Labute approximate surface area is 89.1 Å². The van der Waals surface area contributed by atoms with Gasteiger partial charge in [0.1, 0.15) is 0 Å². The lowest BCUT2D eigenvalue weighted by molar-refractivity contribution is 0.101. The number of para-hydroxylation sites is 1. The molecule has 0 saturated heterocycles. The lowest BCUT2D eigenvalue weighted by Crippen LogP contribution is -2.09. The SMILES string of the molecule is CC(=O)c1cccc(F)c1OCC(C)C. The van der Waals surface area contributed by atoms with Crippen molar-refractivity contribution in [1.82, 2.24) is 0 Å². The molecule has 0 saturated carbocycles. The normalized spacial score (nSPS) is 10.5. The Bertz CT molecular complexity index is 359. The van der Waals surface area contributed by atoms with Gasteiger partial charge in [-0.2, -0.15) is 0 Å². The van der Waals surface area contributed by atoms with E-state index in [1.165, 1.54) is 19.1 Å². The minimum atomic E-state index is -0.483. The van der Waals surface area contributed by atoms with Crippen LogP contribution in [0.25, 0.3) is 0 Å². The molecular weight excluding hydrogens is 195 g/mol. The molecule has 1 rings (SSSR count). The minimum Gasteiger partial charge on any atom is -0.489 e. The largest absolute Gasteiger partial charge is 0.489 e. The number of ether oxygens (including phenoxy) is 1. The smallest absolute Gasteiger partial charge is 0.165 e. The fourth-order valence-corrected chi connectivity index (χ4v) is 1.18. The number of benzene rings is 1. The van der Waals surface area contributed by atoms with Gasteiger partial charge in [-0.3, -0.25) is 4.79 Å². The zero-order valence-electron chi connectivity index (χ0n) is 9.21. The second-order valence-electron chi connectivity index (χ2n) is 3.88. The van der Waals surface area contributed by atoms with Crippen molar-refractivity contribution in [2.45, 2.75) is 20.8 Å². The van der Waals surface area contributed by atoms with Crippen LogP contribution in [0.2, 0.25) is 0 Å². The van der Waals surface area contributed by atoms with Crippen molar-refractivity contribution in [1.29, 1.82) is 0 Å². The number of ketones is 1. The zero-order chi connectivity index (χ0) is 11.4. The van der Waals surface area contributed by atoms with E-state index in [1.54, 1.807) is 6.07 Å². The summed E-state index contributed by atoms with van der Waals surface area (Å²) in [6.07, 6.45) is 0. The molecule has 0 heterocycles. The lowest BCUT2D eigenvalue weighted by Gasteiger charge is -2.12. The molecule has 0 atom stereocenters. The van der Waals surface area contributed by atoms with E-state index in [2.05, 4.69) is 0 Å². The molecule has 0 amide bonds. The van der Waals surface area contributed by atoms with Crippen LogP contribution in [0, 0.1) is 11.7 Å². The maximum absolute atomic E-state index is 13.4. The predicted octanol–water partition coefficient (Wildman–Crippen LogP) is 3.06. The number of rotatable bonds is 4. The number of carbonyl (C=O) groups excluding carboxylic acids is 1. The van der Waals surface area contributed by atoms with Crippen molar-refractivity contribution in [3.05, 3.63) is 29.6 Å². The van der Waals surface area contributed by atoms with Crippen molar-refractivity contribution < 1.29 is 13.9 Å². The van der Waals surface area contributed by atoms with E-state index in [0.717, 1.165) is 0 Å². The first-order valence-electron chi connectivity index (χ1n) is 4.94. The van der Waals surface area contributed by atoms with Gasteiger partial charge < -0.3 is 4.74 Å². The monoisotopic (exact) mass is 210 g/mol. The third kappa shape index (κ3) is 3.05. The molecule has 0 fully saturated rings. The Balaban J connectivity index is 2.97. The third-order valence-corrected chi connectivity index (χ3v) is 1.91. The van der Waals surface area contributed by atoms with Crippen molar-refractivity contribution in [2.75, 3.05) is 6.61 Å². The summed E-state index contributed by atoms with van der Waals surface area (Å²) >= 11 is 0. The van der Waals surface area contributed by atoms with E-state index in [9.17, 15) is 9.18 Å². The Kier molecular flexibility index (Phi) is 3.83. The van der Waals surface area contributed by atoms with Gasteiger partial charge in [-0.1, -0.05) is 19.9 Å². The highest BCUT2D eigenvalue weighted by Gasteiger charge is 2.13. The van der Waals surface area contributed by atoms with E-state index in [4.69, 9.17) is 4.74 Å². The molecule has 0 aromatic heterocycles. The van der Waals surface area contributed by atoms with E-state index in [-0.39, 0.29) is 11.5 Å². The van der Waals surface area contributed by atoms with Crippen molar-refractivity contribution in [2.24, 2.45) is 5.92 Å². The number of hydrogen-bond acceptors (Lipinski definition) is 2. The van der Waals surface area contributed by atoms with Crippen molar-refractivity contribution in [3.8, 4) is 5.75 Å². The molecule has 0 N–H and O–H groups in total. The average Bonchev–Trinajstić information content (AvgIpc) is 2.15. The predicted molar refractivity (Wildman–Crippen MR) is 56.7 cm³/mol. The van der Waals surface area contributed by atoms with E-state index in [1.807, 2.05) is 13.8 Å². The standard InChI is InChI=1S/C12H15FO2/c1-8(2)7-15-12-10(9(3)14)5-4-6-11(12)13/h4-6,8H,7H2,1-3H3. The molecular formula is C12H15FO2. The number of Topliss-reactive ketones (excluding diaryl/α,β-unsaturated/α-hetero) is 1. The van der Waals surface area contributed by atoms with Crippen LogP contribution in [-0.4, -0.2) is 12.4 Å². The Hall–Kier alpha value is -1.38. The highest BCUT2D eigenvalue weighted by atomic mass is 19.1. The van der Waals surface area contributed by atoms with Crippen LogP contribution < -0.4 is 4.74 Å². The molecule has 0 unspecified atom stereocenters. The van der Waals surface area contributed by atoms with Gasteiger partial charge in [0.25, 0.3) is 0 Å². The van der Waals surface area contributed by atoms with Crippen LogP contribution in [-0.2, 0) is 0 Å². The van der Waals surface area contributed by atoms with Gasteiger partial charge in [0, 0.05) is 0 Å². The van der Waals surface area contributed by atoms with Crippen LogP contribution in [0.1, 0.15) is 31.1 Å². The molecule has 2 nitrogen and oxygen atoms in total. The maximum atomic E-state index is 13.4.